The van der Waals surface area contributed by atoms with E-state index in [0.29, 0.717) is 19.0 Å². The highest BCUT2D eigenvalue weighted by Crippen LogP contribution is 1.89. The van der Waals surface area contributed by atoms with Crippen LogP contribution in [0.4, 0.5) is 0 Å². The van der Waals surface area contributed by atoms with Crippen LogP contribution in [0.3, 0.4) is 0 Å². The lowest BCUT2D eigenvalue weighted by molar-refractivity contribution is -0.124. The Morgan fingerprint density at radius 2 is 2.17 bits per heavy atom. The fourth-order valence-corrected chi connectivity index (χ4v) is 0.758. The Bertz CT molecular complexity index is 168. The minimum Gasteiger partial charge on any atom is -0.346 e. The molecule has 0 aliphatic heterocycles. The molecule has 0 radical (unpaired) electrons. The molecule has 0 bridgehead atoms. The van der Waals surface area contributed by atoms with E-state index in [1.54, 1.807) is 0 Å². The fraction of sp³-hybridized carbons (Fsp3) is 0.625. The third kappa shape index (κ3) is 4.60. The van der Waals surface area contributed by atoms with Gasteiger partial charge >= 0.3 is 0 Å². The summed E-state index contributed by atoms with van der Waals surface area (Å²) in [7, 11) is 0. The summed E-state index contributed by atoms with van der Waals surface area (Å²) in [5.74, 6) is -0.184. The van der Waals surface area contributed by atoms with E-state index in [4.69, 9.17) is 0 Å². The number of aldehydes is 2. The Balaban J connectivity index is 3.76. The van der Waals surface area contributed by atoms with E-state index < -0.39 is 6.04 Å². The zero-order valence-corrected chi connectivity index (χ0v) is 7.08. The van der Waals surface area contributed by atoms with Crippen LogP contribution in [0.5, 0.6) is 0 Å². The van der Waals surface area contributed by atoms with Gasteiger partial charge in [-0.05, 0) is 6.42 Å². The van der Waals surface area contributed by atoms with Crippen LogP contribution in [0.15, 0.2) is 0 Å². The van der Waals surface area contributed by atoms with Crippen LogP contribution in [-0.4, -0.2) is 24.5 Å². The molecule has 0 aromatic rings. The Morgan fingerprint density at radius 1 is 1.50 bits per heavy atom. The van der Waals surface area contributed by atoms with Gasteiger partial charge in [0.1, 0.15) is 12.6 Å². The minimum absolute atomic E-state index is 0.0545. The van der Waals surface area contributed by atoms with Crippen molar-refractivity contribution in [2.24, 2.45) is 0 Å². The SMILES string of the molecule is CCCC(=O)N[C@@H](C=O)CC=O. The zero-order valence-electron chi connectivity index (χ0n) is 7.08. The predicted molar refractivity (Wildman–Crippen MR) is 43.6 cm³/mol. The van der Waals surface area contributed by atoms with Crippen molar-refractivity contribution < 1.29 is 14.4 Å². The van der Waals surface area contributed by atoms with E-state index >= 15 is 0 Å². The van der Waals surface area contributed by atoms with Crippen LogP contribution in [-0.2, 0) is 14.4 Å². The van der Waals surface area contributed by atoms with Crippen LogP contribution in [0.1, 0.15) is 26.2 Å². The van der Waals surface area contributed by atoms with E-state index in [2.05, 4.69) is 5.32 Å². The number of hydrogen-bond donors (Lipinski definition) is 1. The van der Waals surface area contributed by atoms with Crippen molar-refractivity contribution in [3.8, 4) is 0 Å². The van der Waals surface area contributed by atoms with E-state index in [1.807, 2.05) is 6.92 Å². The molecule has 0 fully saturated rings. The zero-order chi connectivity index (χ0) is 9.40. The summed E-state index contributed by atoms with van der Waals surface area (Å²) in [6.07, 6.45) is 2.37. The lowest BCUT2D eigenvalue weighted by atomic mass is 10.2. The number of nitrogens with one attached hydrogen (secondary N) is 1. The van der Waals surface area contributed by atoms with Gasteiger partial charge in [0.15, 0.2) is 0 Å². The topological polar surface area (TPSA) is 63.2 Å². The first-order valence-electron chi connectivity index (χ1n) is 3.92. The molecule has 68 valence electrons. The smallest absolute Gasteiger partial charge is 0.220 e. The fourth-order valence-electron chi connectivity index (χ4n) is 0.758. The van der Waals surface area contributed by atoms with Crippen molar-refractivity contribution in [2.75, 3.05) is 0 Å². The Morgan fingerprint density at radius 3 is 2.58 bits per heavy atom. The summed E-state index contributed by atoms with van der Waals surface area (Å²) in [6.45, 7) is 1.87. The maximum atomic E-state index is 10.9. The highest BCUT2D eigenvalue weighted by molar-refractivity contribution is 5.80. The molecule has 1 atom stereocenters. The van der Waals surface area contributed by atoms with Crippen molar-refractivity contribution in [3.05, 3.63) is 0 Å². The molecule has 1 amide bonds. The largest absolute Gasteiger partial charge is 0.346 e. The molecule has 4 nitrogen and oxygen atoms in total. The van der Waals surface area contributed by atoms with Crippen molar-refractivity contribution in [1.29, 1.82) is 0 Å². The van der Waals surface area contributed by atoms with E-state index in [0.717, 1.165) is 6.42 Å². The number of hydrogen-bond acceptors (Lipinski definition) is 3. The summed E-state index contributed by atoms with van der Waals surface area (Å²) in [6, 6.07) is -0.651. The summed E-state index contributed by atoms with van der Waals surface area (Å²) in [4.78, 5) is 31.2. The summed E-state index contributed by atoms with van der Waals surface area (Å²) in [5.41, 5.74) is 0. The predicted octanol–water partition coefficient (Wildman–Crippen LogP) is 0.0592. The lowest BCUT2D eigenvalue weighted by Crippen LogP contribution is -2.35. The van der Waals surface area contributed by atoms with Gasteiger partial charge in [0, 0.05) is 12.8 Å². The van der Waals surface area contributed by atoms with Crippen LogP contribution < -0.4 is 5.32 Å². The van der Waals surface area contributed by atoms with Crippen molar-refractivity contribution in [2.45, 2.75) is 32.2 Å². The Hall–Kier alpha value is -1.19. The monoisotopic (exact) mass is 171 g/mol. The highest BCUT2D eigenvalue weighted by Gasteiger charge is 2.08. The molecule has 0 aromatic heterocycles. The average molecular weight is 171 g/mol. The molecule has 0 saturated carbocycles. The standard InChI is InChI=1S/C8H13NO3/c1-2-3-8(12)9-7(6-11)4-5-10/h5-7H,2-4H2,1H3,(H,9,12)/t7-/m1/s1. The third-order valence-electron chi connectivity index (χ3n) is 1.34. The summed E-state index contributed by atoms with van der Waals surface area (Å²) >= 11 is 0. The molecular formula is C8H13NO3. The Kier molecular flexibility index (Phi) is 5.87. The maximum Gasteiger partial charge on any atom is 0.220 e. The highest BCUT2D eigenvalue weighted by atomic mass is 16.2. The molecule has 0 aromatic carbocycles. The number of amides is 1. The van der Waals surface area contributed by atoms with Gasteiger partial charge in [-0.1, -0.05) is 6.92 Å². The van der Waals surface area contributed by atoms with Crippen LogP contribution in [0.2, 0.25) is 0 Å². The Labute approximate surface area is 71.3 Å². The normalized spacial score (nSPS) is 11.8. The number of carbonyl (C=O) groups excluding carboxylic acids is 3. The van der Waals surface area contributed by atoms with Crippen molar-refractivity contribution in [1.82, 2.24) is 5.32 Å². The van der Waals surface area contributed by atoms with Gasteiger partial charge in [-0.2, -0.15) is 0 Å². The van der Waals surface area contributed by atoms with Gasteiger partial charge in [-0.15, -0.1) is 0 Å². The molecule has 4 heteroatoms. The molecule has 0 heterocycles. The number of carbonyl (C=O) groups is 3. The average Bonchev–Trinajstić information content (AvgIpc) is 2.04. The first-order chi connectivity index (χ1) is 5.74. The molecule has 1 N–H and O–H groups in total. The second-order valence-corrected chi connectivity index (χ2v) is 2.46. The van der Waals surface area contributed by atoms with Crippen LogP contribution in [0.25, 0.3) is 0 Å². The molecule has 0 unspecified atom stereocenters. The first kappa shape index (κ1) is 10.8. The third-order valence-corrected chi connectivity index (χ3v) is 1.34. The van der Waals surface area contributed by atoms with Gasteiger partial charge in [-0.25, -0.2) is 0 Å². The molecule has 0 spiro atoms. The quantitative estimate of drug-likeness (QED) is 0.575. The second-order valence-electron chi connectivity index (χ2n) is 2.46. The molecule has 0 aliphatic carbocycles. The van der Waals surface area contributed by atoms with Crippen LogP contribution >= 0.6 is 0 Å². The van der Waals surface area contributed by atoms with Crippen molar-refractivity contribution >= 4 is 18.5 Å². The van der Waals surface area contributed by atoms with E-state index in [9.17, 15) is 14.4 Å². The first-order valence-corrected chi connectivity index (χ1v) is 3.92. The molecular weight excluding hydrogens is 158 g/mol. The molecule has 12 heavy (non-hydrogen) atoms. The van der Waals surface area contributed by atoms with Gasteiger partial charge in [0.05, 0.1) is 6.04 Å². The number of rotatable bonds is 6. The van der Waals surface area contributed by atoms with Crippen LogP contribution in [0, 0.1) is 0 Å². The minimum atomic E-state index is -0.651. The molecule has 0 aliphatic rings. The molecule has 0 saturated heterocycles. The van der Waals surface area contributed by atoms with Gasteiger partial charge < -0.3 is 14.9 Å². The van der Waals surface area contributed by atoms with Crippen molar-refractivity contribution in [3.63, 3.8) is 0 Å². The second kappa shape index (κ2) is 6.52. The summed E-state index contributed by atoms with van der Waals surface area (Å²) < 4.78 is 0. The van der Waals surface area contributed by atoms with Gasteiger partial charge in [0.2, 0.25) is 5.91 Å². The van der Waals surface area contributed by atoms with Gasteiger partial charge in [-0.3, -0.25) is 4.79 Å². The van der Waals surface area contributed by atoms with Gasteiger partial charge in [0.25, 0.3) is 0 Å². The summed E-state index contributed by atoms with van der Waals surface area (Å²) in [5, 5.41) is 2.43. The lowest BCUT2D eigenvalue weighted by Gasteiger charge is -2.08. The molecule has 0 rings (SSSR count). The van der Waals surface area contributed by atoms with E-state index in [1.165, 1.54) is 0 Å². The van der Waals surface area contributed by atoms with E-state index in [-0.39, 0.29) is 12.3 Å². The maximum absolute atomic E-state index is 10.9.